The summed E-state index contributed by atoms with van der Waals surface area (Å²) in [4.78, 5) is 11.6. The van der Waals surface area contributed by atoms with E-state index in [9.17, 15) is 4.79 Å². The summed E-state index contributed by atoms with van der Waals surface area (Å²) in [5.74, 6) is 0.902. The summed E-state index contributed by atoms with van der Waals surface area (Å²) in [5, 5.41) is 6.32. The van der Waals surface area contributed by atoms with Crippen LogP contribution in [-0.4, -0.2) is 24.5 Å². The molecule has 1 heterocycles. The Hall–Kier alpha value is -0.570. The fourth-order valence-electron chi connectivity index (χ4n) is 2.07. The smallest absolute Gasteiger partial charge is 0.237 e. The first-order chi connectivity index (χ1) is 6.27. The van der Waals surface area contributed by atoms with E-state index in [-0.39, 0.29) is 11.9 Å². The Balaban J connectivity index is 1.77. The summed E-state index contributed by atoms with van der Waals surface area (Å²) >= 11 is 0. The highest BCUT2D eigenvalue weighted by molar-refractivity contribution is 5.82. The highest BCUT2D eigenvalue weighted by Gasteiger charge is 2.31. The Kier molecular flexibility index (Phi) is 2.54. The number of hydrogen-bond donors (Lipinski definition) is 2. The second-order valence-corrected chi connectivity index (χ2v) is 4.32. The number of hydrogen-bond acceptors (Lipinski definition) is 2. The molecule has 74 valence electrons. The van der Waals surface area contributed by atoms with Gasteiger partial charge in [-0.1, -0.05) is 6.92 Å². The maximum Gasteiger partial charge on any atom is 0.237 e. The van der Waals surface area contributed by atoms with Crippen molar-refractivity contribution in [2.75, 3.05) is 6.54 Å². The van der Waals surface area contributed by atoms with Crippen LogP contribution in [0.4, 0.5) is 0 Å². The molecule has 1 saturated carbocycles. The summed E-state index contributed by atoms with van der Waals surface area (Å²) in [7, 11) is 0. The van der Waals surface area contributed by atoms with Gasteiger partial charge in [-0.2, -0.15) is 0 Å². The molecule has 0 aromatic rings. The summed E-state index contributed by atoms with van der Waals surface area (Å²) in [5.41, 5.74) is 0. The van der Waals surface area contributed by atoms with Crippen molar-refractivity contribution >= 4 is 5.91 Å². The predicted molar refractivity (Wildman–Crippen MR) is 51.4 cm³/mol. The zero-order valence-electron chi connectivity index (χ0n) is 8.18. The van der Waals surface area contributed by atoms with Gasteiger partial charge in [-0.05, 0) is 38.1 Å². The molecule has 0 spiro atoms. The third kappa shape index (κ3) is 1.85. The van der Waals surface area contributed by atoms with Crippen LogP contribution in [0.3, 0.4) is 0 Å². The molecule has 1 amide bonds. The Morgan fingerprint density at radius 1 is 1.38 bits per heavy atom. The highest BCUT2D eigenvalue weighted by atomic mass is 16.2. The molecule has 1 aliphatic heterocycles. The summed E-state index contributed by atoms with van der Waals surface area (Å²) in [6.07, 6.45) is 4.58. The second kappa shape index (κ2) is 3.66. The minimum atomic E-state index is 0.0906. The van der Waals surface area contributed by atoms with Crippen LogP contribution in [0.5, 0.6) is 0 Å². The summed E-state index contributed by atoms with van der Waals surface area (Å²) in [6.45, 7) is 3.20. The maximum absolute atomic E-state index is 11.6. The van der Waals surface area contributed by atoms with Crippen LogP contribution in [0, 0.1) is 5.92 Å². The molecule has 0 radical (unpaired) electrons. The molecular formula is C10H18N2O. The molecular weight excluding hydrogens is 164 g/mol. The molecule has 2 fully saturated rings. The molecule has 1 saturated heterocycles. The van der Waals surface area contributed by atoms with Crippen molar-refractivity contribution in [3.05, 3.63) is 0 Å². The maximum atomic E-state index is 11.6. The van der Waals surface area contributed by atoms with Crippen molar-refractivity contribution in [2.24, 2.45) is 5.92 Å². The van der Waals surface area contributed by atoms with Crippen molar-refractivity contribution in [1.82, 2.24) is 10.6 Å². The van der Waals surface area contributed by atoms with Gasteiger partial charge in [0, 0.05) is 6.04 Å². The van der Waals surface area contributed by atoms with Gasteiger partial charge in [0.1, 0.15) is 0 Å². The third-order valence-electron chi connectivity index (χ3n) is 3.32. The van der Waals surface area contributed by atoms with Gasteiger partial charge >= 0.3 is 0 Å². The van der Waals surface area contributed by atoms with E-state index in [2.05, 4.69) is 17.6 Å². The molecule has 2 rings (SSSR count). The van der Waals surface area contributed by atoms with Gasteiger partial charge in [-0.25, -0.2) is 0 Å². The molecule has 2 N–H and O–H groups in total. The third-order valence-corrected chi connectivity index (χ3v) is 3.32. The molecule has 0 aromatic heterocycles. The molecule has 0 bridgehead atoms. The summed E-state index contributed by atoms with van der Waals surface area (Å²) < 4.78 is 0. The normalized spacial score (nSPS) is 38.4. The van der Waals surface area contributed by atoms with Gasteiger partial charge in [-0.15, -0.1) is 0 Å². The average molecular weight is 182 g/mol. The lowest BCUT2D eigenvalue weighted by molar-refractivity contribution is -0.124. The fourth-order valence-corrected chi connectivity index (χ4v) is 2.07. The van der Waals surface area contributed by atoms with E-state index in [0.29, 0.717) is 12.0 Å². The number of amides is 1. The number of carbonyl (C=O) groups excluding carboxylic acids is 1. The second-order valence-electron chi connectivity index (χ2n) is 4.32. The molecule has 3 atom stereocenters. The monoisotopic (exact) mass is 182 g/mol. The molecule has 2 unspecified atom stereocenters. The van der Waals surface area contributed by atoms with Gasteiger partial charge in [0.25, 0.3) is 0 Å². The quantitative estimate of drug-likeness (QED) is 0.658. The van der Waals surface area contributed by atoms with E-state index in [4.69, 9.17) is 0 Å². The Morgan fingerprint density at radius 3 is 2.69 bits per heavy atom. The molecule has 3 heteroatoms. The lowest BCUT2D eigenvalue weighted by atomic mass is 9.81. The molecule has 0 aromatic carbocycles. The van der Waals surface area contributed by atoms with Gasteiger partial charge < -0.3 is 10.6 Å². The average Bonchev–Trinajstić information content (AvgIpc) is 2.64. The van der Waals surface area contributed by atoms with Crippen molar-refractivity contribution < 1.29 is 4.79 Å². The molecule has 13 heavy (non-hydrogen) atoms. The minimum Gasteiger partial charge on any atom is -0.352 e. The Bertz CT molecular complexity index is 199. The van der Waals surface area contributed by atoms with E-state index in [0.717, 1.165) is 19.4 Å². The van der Waals surface area contributed by atoms with Crippen LogP contribution >= 0.6 is 0 Å². The van der Waals surface area contributed by atoms with Crippen LogP contribution in [0.2, 0.25) is 0 Å². The van der Waals surface area contributed by atoms with Gasteiger partial charge in [0.15, 0.2) is 0 Å². The van der Waals surface area contributed by atoms with Crippen molar-refractivity contribution in [3.8, 4) is 0 Å². The lowest BCUT2D eigenvalue weighted by Crippen LogP contribution is -2.51. The van der Waals surface area contributed by atoms with Crippen LogP contribution in [-0.2, 0) is 4.79 Å². The van der Waals surface area contributed by atoms with E-state index >= 15 is 0 Å². The van der Waals surface area contributed by atoms with Crippen LogP contribution in [0.25, 0.3) is 0 Å². The number of nitrogens with one attached hydrogen (secondary N) is 2. The first kappa shape index (κ1) is 9.00. The fraction of sp³-hybridized carbons (Fsp3) is 0.900. The first-order valence-corrected chi connectivity index (χ1v) is 5.31. The largest absolute Gasteiger partial charge is 0.352 e. The Labute approximate surface area is 79.3 Å². The van der Waals surface area contributed by atoms with Crippen LogP contribution in [0.15, 0.2) is 0 Å². The van der Waals surface area contributed by atoms with E-state index in [1.54, 1.807) is 0 Å². The van der Waals surface area contributed by atoms with E-state index < -0.39 is 0 Å². The van der Waals surface area contributed by atoms with E-state index in [1.807, 2.05) is 0 Å². The van der Waals surface area contributed by atoms with Crippen molar-refractivity contribution in [1.29, 1.82) is 0 Å². The molecule has 1 aliphatic carbocycles. The number of carbonyl (C=O) groups is 1. The number of rotatable bonds is 2. The first-order valence-electron chi connectivity index (χ1n) is 5.31. The van der Waals surface area contributed by atoms with Crippen LogP contribution < -0.4 is 10.6 Å². The summed E-state index contributed by atoms with van der Waals surface area (Å²) in [6, 6.07) is 0.544. The van der Waals surface area contributed by atoms with Crippen molar-refractivity contribution in [2.45, 2.75) is 44.7 Å². The van der Waals surface area contributed by atoms with E-state index in [1.165, 1.54) is 12.8 Å². The van der Waals surface area contributed by atoms with Gasteiger partial charge in [0.2, 0.25) is 5.91 Å². The predicted octanol–water partition coefficient (Wildman–Crippen LogP) is 0.653. The van der Waals surface area contributed by atoms with Gasteiger partial charge in [-0.3, -0.25) is 4.79 Å². The molecule has 2 aliphatic rings. The standard InChI is InChI=1S/C10H18N2O/c1-7-4-5-8(7)12-10(13)9-3-2-6-11-9/h7-9,11H,2-6H2,1H3,(H,12,13)/t7?,8?,9-/m0/s1. The minimum absolute atomic E-state index is 0.0906. The van der Waals surface area contributed by atoms with Crippen LogP contribution in [0.1, 0.15) is 32.6 Å². The zero-order chi connectivity index (χ0) is 9.26. The Morgan fingerprint density at radius 2 is 2.23 bits per heavy atom. The highest BCUT2D eigenvalue weighted by Crippen LogP contribution is 2.26. The topological polar surface area (TPSA) is 41.1 Å². The molecule has 3 nitrogen and oxygen atoms in total. The van der Waals surface area contributed by atoms with Crippen molar-refractivity contribution in [3.63, 3.8) is 0 Å². The SMILES string of the molecule is CC1CCC1NC(=O)[C@@H]1CCCN1. The lowest BCUT2D eigenvalue weighted by Gasteiger charge is -2.35. The zero-order valence-corrected chi connectivity index (χ0v) is 8.18. The van der Waals surface area contributed by atoms with Gasteiger partial charge in [0.05, 0.1) is 6.04 Å².